The number of carbonyl (C=O) groups excluding carboxylic acids is 2. The lowest BCUT2D eigenvalue weighted by Crippen LogP contribution is -2.44. The lowest BCUT2D eigenvalue weighted by atomic mass is 9.53. The molecule has 1 saturated heterocycles. The number of halogens is 1. The minimum absolute atomic E-state index is 0. The second-order valence-electron chi connectivity index (χ2n) is 14.7. The largest absolute Gasteiger partial charge is 0.425 e. The van der Waals surface area contributed by atoms with Gasteiger partial charge in [0.25, 0.3) is 0 Å². The molecule has 2 N–H and O–H groups in total. The smallest absolute Gasteiger partial charge is 0.328 e. The van der Waals surface area contributed by atoms with E-state index < -0.39 is 0 Å². The summed E-state index contributed by atoms with van der Waals surface area (Å²) in [6.07, 6.45) is 10.0. The monoisotopic (exact) mass is 656 g/mol. The zero-order valence-corrected chi connectivity index (χ0v) is 29.2. The van der Waals surface area contributed by atoms with Gasteiger partial charge in [-0.05, 0) is 111 Å². The third kappa shape index (κ3) is 6.68. The van der Waals surface area contributed by atoms with Crippen LogP contribution in [0.3, 0.4) is 0 Å². The summed E-state index contributed by atoms with van der Waals surface area (Å²) in [5.41, 5.74) is 4.83. The molecule has 0 radical (unpaired) electrons. The van der Waals surface area contributed by atoms with Crippen LogP contribution in [0, 0.1) is 30.1 Å². The second-order valence-corrected chi connectivity index (χ2v) is 15.9. The van der Waals surface area contributed by atoms with Crippen molar-refractivity contribution in [1.82, 2.24) is 10.3 Å². The minimum Gasteiger partial charge on any atom is -0.425 e. The Morgan fingerprint density at radius 2 is 2.02 bits per heavy atom. The van der Waals surface area contributed by atoms with Crippen LogP contribution in [0.15, 0.2) is 23.5 Å². The quantitative estimate of drug-likeness (QED) is 0.184. The van der Waals surface area contributed by atoms with Gasteiger partial charge in [0.2, 0.25) is 5.91 Å². The van der Waals surface area contributed by atoms with Crippen molar-refractivity contribution in [2.45, 2.75) is 110 Å². The molecule has 45 heavy (non-hydrogen) atoms. The molecule has 2 heterocycles. The Balaban J connectivity index is 0.00000400. The van der Waals surface area contributed by atoms with E-state index in [-0.39, 0.29) is 41.2 Å². The number of ether oxygens (including phenoxy) is 1. The highest BCUT2D eigenvalue weighted by atomic mass is 35.5. The van der Waals surface area contributed by atoms with Crippen molar-refractivity contribution >= 4 is 46.5 Å². The molecule has 1 amide bonds. The van der Waals surface area contributed by atoms with Crippen LogP contribution >= 0.6 is 23.7 Å². The zero-order valence-electron chi connectivity index (χ0n) is 27.5. The van der Waals surface area contributed by atoms with Crippen LogP contribution in [-0.4, -0.2) is 42.3 Å². The van der Waals surface area contributed by atoms with Crippen molar-refractivity contribution in [3.05, 3.63) is 39.9 Å². The number of esters is 1. The average molecular weight is 657 g/mol. The van der Waals surface area contributed by atoms with Crippen molar-refractivity contribution in [2.75, 3.05) is 19.0 Å². The number of oxime groups is 1. The Labute approximate surface area is 277 Å². The first kappa shape index (κ1) is 33.9. The summed E-state index contributed by atoms with van der Waals surface area (Å²) in [6, 6.07) is 4.34. The fourth-order valence-electron chi connectivity index (χ4n) is 8.84. The van der Waals surface area contributed by atoms with E-state index in [9.17, 15) is 9.59 Å². The number of nitrogens with zero attached hydrogens (tertiary/aromatic N) is 2. The molecule has 3 unspecified atom stereocenters. The van der Waals surface area contributed by atoms with Crippen molar-refractivity contribution in [3.63, 3.8) is 0 Å². The Hall–Kier alpha value is -2.49. The van der Waals surface area contributed by atoms with Crippen LogP contribution < -0.4 is 15.4 Å². The number of hydrogen-bond donors (Lipinski definition) is 2. The van der Waals surface area contributed by atoms with Crippen LogP contribution in [-0.2, 0) is 26.3 Å². The lowest BCUT2D eigenvalue weighted by Gasteiger charge is -2.50. The molecule has 10 heteroatoms. The summed E-state index contributed by atoms with van der Waals surface area (Å²) in [5.74, 6) is 2.34. The highest BCUT2D eigenvalue weighted by Gasteiger charge is 2.57. The van der Waals surface area contributed by atoms with Crippen LogP contribution in [0.1, 0.15) is 107 Å². The number of hydrogen-bond acceptors (Lipinski definition) is 8. The first-order valence-corrected chi connectivity index (χ1v) is 17.2. The van der Waals surface area contributed by atoms with Crippen LogP contribution in [0.5, 0.6) is 5.75 Å². The van der Waals surface area contributed by atoms with Gasteiger partial charge in [0, 0.05) is 28.5 Å². The molecule has 0 bridgehead atoms. The summed E-state index contributed by atoms with van der Waals surface area (Å²) in [7, 11) is 1.64. The van der Waals surface area contributed by atoms with Gasteiger partial charge in [0.15, 0.2) is 5.13 Å². The van der Waals surface area contributed by atoms with Gasteiger partial charge >= 0.3 is 5.97 Å². The summed E-state index contributed by atoms with van der Waals surface area (Å²) in [5, 5.41) is 11.5. The Bertz CT molecular complexity index is 1450. The first-order valence-electron chi connectivity index (χ1n) is 16.4. The second kappa shape index (κ2) is 13.3. The number of benzene rings is 1. The number of anilines is 1. The highest BCUT2D eigenvalue weighted by Crippen LogP contribution is 2.63. The number of aryl methyl sites for hydroxylation is 2. The average Bonchev–Trinajstić information content (AvgIpc) is 3.71. The molecule has 0 spiro atoms. The van der Waals surface area contributed by atoms with Gasteiger partial charge in [0.05, 0.1) is 5.71 Å². The molecule has 2 saturated carbocycles. The molecular weight excluding hydrogens is 608 g/mol. The molecule has 246 valence electrons. The van der Waals surface area contributed by atoms with Crippen molar-refractivity contribution in [3.8, 4) is 5.75 Å². The molecule has 1 aromatic heterocycles. The van der Waals surface area contributed by atoms with Crippen molar-refractivity contribution in [1.29, 1.82) is 0 Å². The van der Waals surface area contributed by atoms with Gasteiger partial charge in [-0.25, -0.2) is 9.78 Å². The van der Waals surface area contributed by atoms with E-state index in [1.165, 1.54) is 22.5 Å². The Morgan fingerprint density at radius 1 is 1.22 bits per heavy atom. The molecule has 8 nitrogen and oxygen atoms in total. The van der Waals surface area contributed by atoms with Crippen LogP contribution in [0.25, 0.3) is 0 Å². The number of carbonyl (C=O) groups is 2. The topological polar surface area (TPSA) is 102 Å². The van der Waals surface area contributed by atoms with Gasteiger partial charge < -0.3 is 20.2 Å². The molecular formula is C35H49ClN4O4S. The molecule has 1 aliphatic heterocycles. The number of thiazole rings is 1. The predicted octanol–water partition coefficient (Wildman–Crippen LogP) is 7.33. The molecule has 6 rings (SSSR count). The van der Waals surface area contributed by atoms with E-state index in [0.717, 1.165) is 79.8 Å². The summed E-state index contributed by atoms with van der Waals surface area (Å²) >= 11 is 1.51. The van der Waals surface area contributed by atoms with Crippen molar-refractivity contribution in [2.24, 2.45) is 28.3 Å². The number of fused-ring (bicyclic) bond motifs is 5. The number of nitrogens with one attached hydrogen (secondary N) is 2. The molecule has 3 aliphatic carbocycles. The number of aromatic nitrogens is 1. The lowest BCUT2D eigenvalue weighted by molar-refractivity contribution is -0.136. The predicted molar refractivity (Wildman–Crippen MR) is 182 cm³/mol. The Morgan fingerprint density at radius 3 is 2.69 bits per heavy atom. The Kier molecular flexibility index (Phi) is 10.0. The number of rotatable bonds is 7. The molecule has 4 aliphatic rings. The SMILES string of the molecule is CO/N=C1\C[C@@H](CCC(=O)Nc2ncc(C)s2)C2C3CCc4cc(OC(=O)[C@@H]5CCCN5)c(C(C)(C)C)cc4C3CC[C@]12C.Cl. The number of amides is 1. The fourth-order valence-corrected chi connectivity index (χ4v) is 9.52. The third-order valence-electron chi connectivity index (χ3n) is 10.9. The van der Waals surface area contributed by atoms with E-state index in [1.54, 1.807) is 13.3 Å². The van der Waals surface area contributed by atoms with Gasteiger partial charge in [-0.15, -0.1) is 23.7 Å². The van der Waals surface area contributed by atoms with Gasteiger partial charge in [-0.3, -0.25) is 4.79 Å². The maximum absolute atomic E-state index is 13.0. The van der Waals surface area contributed by atoms with Gasteiger partial charge in [-0.1, -0.05) is 38.9 Å². The maximum atomic E-state index is 13.0. The van der Waals surface area contributed by atoms with E-state index >= 15 is 0 Å². The van der Waals surface area contributed by atoms with Crippen LogP contribution in [0.2, 0.25) is 0 Å². The van der Waals surface area contributed by atoms with Crippen LogP contribution in [0.4, 0.5) is 5.13 Å². The summed E-state index contributed by atoms with van der Waals surface area (Å²) < 4.78 is 6.13. The van der Waals surface area contributed by atoms with E-state index in [4.69, 9.17) is 9.57 Å². The summed E-state index contributed by atoms with van der Waals surface area (Å²) in [6.45, 7) is 11.9. The molecule has 2 aromatic rings. The van der Waals surface area contributed by atoms with Gasteiger partial charge in [0.1, 0.15) is 18.9 Å². The molecule has 3 fully saturated rings. The standard InChI is InChI=1S/C35H48N4O4S.ClH/c1-20-19-37-33(44-20)38-30(40)12-10-22-17-29(39-42-6)35(5)14-13-23-24(31(22)35)11-9-21-16-28(26(18-25(21)23)34(2,3)4)43-32(41)27-8-7-15-36-27;/h16,18-19,22-24,27,31,36H,7-15,17H2,1-6H3,(H,37,38,40);1H/b39-29+;/t22-,23?,24?,27+,31?,35-;/m1./s1. The molecule has 1 aromatic carbocycles. The fraction of sp³-hybridized carbons (Fsp3) is 0.657. The van der Waals surface area contributed by atoms with E-state index in [2.05, 4.69) is 60.6 Å². The van der Waals surface area contributed by atoms with E-state index in [0.29, 0.717) is 35.2 Å². The minimum atomic E-state index is -0.214. The molecule has 6 atom stereocenters. The zero-order chi connectivity index (χ0) is 31.2. The van der Waals surface area contributed by atoms with Gasteiger partial charge in [-0.2, -0.15) is 0 Å². The highest BCUT2D eigenvalue weighted by molar-refractivity contribution is 7.15. The van der Waals surface area contributed by atoms with E-state index in [1.807, 2.05) is 6.92 Å². The maximum Gasteiger partial charge on any atom is 0.328 e. The summed E-state index contributed by atoms with van der Waals surface area (Å²) in [4.78, 5) is 36.8. The third-order valence-corrected chi connectivity index (χ3v) is 11.7. The normalized spacial score (nSPS) is 29.7. The first-order chi connectivity index (χ1) is 21.0. The van der Waals surface area contributed by atoms with Crippen molar-refractivity contribution < 1.29 is 19.2 Å².